The van der Waals surface area contributed by atoms with Gasteiger partial charge in [0.1, 0.15) is 0 Å². The summed E-state index contributed by atoms with van der Waals surface area (Å²) in [6, 6.07) is 0. The number of aromatic amines is 1. The first-order valence-electron chi connectivity index (χ1n) is 5.12. The van der Waals surface area contributed by atoms with Gasteiger partial charge in [-0.25, -0.2) is 4.98 Å². The molecule has 2 heterocycles. The van der Waals surface area contributed by atoms with Crippen molar-refractivity contribution < 1.29 is 4.74 Å². The second-order valence-electron chi connectivity index (χ2n) is 3.88. The van der Waals surface area contributed by atoms with Crippen LogP contribution in [0.4, 0.5) is 0 Å². The van der Waals surface area contributed by atoms with Crippen LogP contribution in [0.1, 0.15) is 25.2 Å². The molecule has 0 aliphatic carbocycles. The lowest BCUT2D eigenvalue weighted by atomic mass is 9.92. The minimum atomic E-state index is -0.121. The molecule has 0 aromatic carbocycles. The molecule has 0 fully saturated rings. The van der Waals surface area contributed by atoms with Crippen LogP contribution in [0, 0.1) is 0 Å². The van der Waals surface area contributed by atoms with Crippen molar-refractivity contribution in [3.05, 3.63) is 17.7 Å². The summed E-state index contributed by atoms with van der Waals surface area (Å²) in [4.78, 5) is 7.55. The van der Waals surface area contributed by atoms with Gasteiger partial charge in [0.25, 0.3) is 0 Å². The molecule has 0 radical (unpaired) electrons. The van der Waals surface area contributed by atoms with Crippen LogP contribution in [0.25, 0.3) is 0 Å². The number of hydrogen-bond acceptors (Lipinski definition) is 3. The quantitative estimate of drug-likeness (QED) is 0.750. The SMILES string of the molecule is CCOCC1(C)NCCc2[nH]cnc21. The summed E-state index contributed by atoms with van der Waals surface area (Å²) < 4.78 is 5.49. The van der Waals surface area contributed by atoms with E-state index >= 15 is 0 Å². The van der Waals surface area contributed by atoms with E-state index in [0.29, 0.717) is 6.61 Å². The van der Waals surface area contributed by atoms with Crippen molar-refractivity contribution in [3.8, 4) is 0 Å². The van der Waals surface area contributed by atoms with Gasteiger partial charge in [0.15, 0.2) is 0 Å². The van der Waals surface area contributed by atoms with E-state index in [1.807, 2.05) is 6.92 Å². The van der Waals surface area contributed by atoms with E-state index in [4.69, 9.17) is 4.74 Å². The monoisotopic (exact) mass is 195 g/mol. The standard InChI is InChI=1S/C10H17N3O/c1-3-14-6-10(2)9-8(4-5-13-10)11-7-12-9/h7,13H,3-6H2,1-2H3,(H,11,12). The fourth-order valence-corrected chi connectivity index (χ4v) is 1.96. The zero-order valence-corrected chi connectivity index (χ0v) is 8.76. The number of ether oxygens (including phenoxy) is 1. The van der Waals surface area contributed by atoms with E-state index in [2.05, 4.69) is 22.2 Å². The van der Waals surface area contributed by atoms with E-state index in [9.17, 15) is 0 Å². The molecule has 0 saturated heterocycles. The molecule has 1 aliphatic rings. The molecule has 1 unspecified atom stereocenters. The predicted molar refractivity (Wildman–Crippen MR) is 54.1 cm³/mol. The van der Waals surface area contributed by atoms with Gasteiger partial charge in [0, 0.05) is 25.3 Å². The maximum absolute atomic E-state index is 5.49. The molecule has 4 heteroatoms. The minimum absolute atomic E-state index is 0.121. The highest BCUT2D eigenvalue weighted by Crippen LogP contribution is 2.25. The molecule has 1 aromatic rings. The molecule has 2 rings (SSSR count). The van der Waals surface area contributed by atoms with Crippen molar-refractivity contribution in [3.63, 3.8) is 0 Å². The van der Waals surface area contributed by atoms with Crippen molar-refractivity contribution in [1.82, 2.24) is 15.3 Å². The second kappa shape index (κ2) is 3.71. The zero-order chi connectivity index (χ0) is 10.0. The Labute approximate surface area is 84.1 Å². The van der Waals surface area contributed by atoms with Crippen molar-refractivity contribution in [2.24, 2.45) is 0 Å². The molecule has 78 valence electrons. The first kappa shape index (κ1) is 9.68. The van der Waals surface area contributed by atoms with Gasteiger partial charge in [-0.3, -0.25) is 0 Å². The Morgan fingerprint density at radius 1 is 1.64 bits per heavy atom. The highest BCUT2D eigenvalue weighted by Gasteiger charge is 2.34. The summed E-state index contributed by atoms with van der Waals surface area (Å²) in [5, 5.41) is 3.47. The topological polar surface area (TPSA) is 49.9 Å². The summed E-state index contributed by atoms with van der Waals surface area (Å²) in [6.45, 7) is 6.57. The third-order valence-electron chi connectivity index (χ3n) is 2.73. The van der Waals surface area contributed by atoms with Gasteiger partial charge in [0.05, 0.1) is 24.2 Å². The molecule has 14 heavy (non-hydrogen) atoms. The normalized spacial score (nSPS) is 26.1. The Hall–Kier alpha value is -0.870. The number of fused-ring (bicyclic) bond motifs is 1. The lowest BCUT2D eigenvalue weighted by Crippen LogP contribution is -2.48. The van der Waals surface area contributed by atoms with Crippen LogP contribution >= 0.6 is 0 Å². The molecular weight excluding hydrogens is 178 g/mol. The number of imidazole rings is 1. The molecule has 1 aromatic heterocycles. The smallest absolute Gasteiger partial charge is 0.0926 e. The Kier molecular flexibility index (Phi) is 2.56. The summed E-state index contributed by atoms with van der Waals surface area (Å²) >= 11 is 0. The zero-order valence-electron chi connectivity index (χ0n) is 8.76. The van der Waals surface area contributed by atoms with Crippen LogP contribution < -0.4 is 5.32 Å². The predicted octanol–water partition coefficient (Wildman–Crippen LogP) is 0.807. The maximum atomic E-state index is 5.49. The first-order chi connectivity index (χ1) is 6.76. The van der Waals surface area contributed by atoms with Crippen LogP contribution in [0.2, 0.25) is 0 Å². The number of rotatable bonds is 3. The number of hydrogen-bond donors (Lipinski definition) is 2. The summed E-state index contributed by atoms with van der Waals surface area (Å²) in [7, 11) is 0. The average molecular weight is 195 g/mol. The maximum Gasteiger partial charge on any atom is 0.0926 e. The van der Waals surface area contributed by atoms with Crippen LogP contribution in [-0.4, -0.2) is 29.7 Å². The summed E-state index contributed by atoms with van der Waals surface area (Å²) in [5.74, 6) is 0. The van der Waals surface area contributed by atoms with Crippen molar-refractivity contribution in [2.75, 3.05) is 19.8 Å². The number of aromatic nitrogens is 2. The molecule has 1 atom stereocenters. The molecule has 0 bridgehead atoms. The largest absolute Gasteiger partial charge is 0.379 e. The van der Waals surface area contributed by atoms with Crippen molar-refractivity contribution >= 4 is 0 Å². The molecule has 1 aliphatic heterocycles. The Balaban J connectivity index is 2.21. The average Bonchev–Trinajstić information content (AvgIpc) is 2.65. The van der Waals surface area contributed by atoms with Gasteiger partial charge in [-0.05, 0) is 13.8 Å². The highest BCUT2D eigenvalue weighted by atomic mass is 16.5. The van der Waals surface area contributed by atoms with E-state index in [1.165, 1.54) is 5.69 Å². The first-order valence-corrected chi connectivity index (χ1v) is 5.12. The molecular formula is C10H17N3O. The fourth-order valence-electron chi connectivity index (χ4n) is 1.96. The van der Waals surface area contributed by atoms with Gasteiger partial charge in [-0.2, -0.15) is 0 Å². The Morgan fingerprint density at radius 3 is 3.29 bits per heavy atom. The summed E-state index contributed by atoms with van der Waals surface area (Å²) in [5.41, 5.74) is 2.23. The van der Waals surface area contributed by atoms with E-state index < -0.39 is 0 Å². The van der Waals surface area contributed by atoms with Crippen molar-refractivity contribution in [2.45, 2.75) is 25.8 Å². The number of H-pyrrole nitrogens is 1. The molecule has 4 nitrogen and oxygen atoms in total. The lowest BCUT2D eigenvalue weighted by molar-refractivity contribution is 0.0782. The summed E-state index contributed by atoms with van der Waals surface area (Å²) in [6.07, 6.45) is 2.79. The van der Waals surface area contributed by atoms with Gasteiger partial charge in [0.2, 0.25) is 0 Å². The van der Waals surface area contributed by atoms with Crippen LogP contribution in [0.3, 0.4) is 0 Å². The fraction of sp³-hybridized carbons (Fsp3) is 0.700. The Morgan fingerprint density at radius 2 is 2.50 bits per heavy atom. The van der Waals surface area contributed by atoms with E-state index in [-0.39, 0.29) is 5.54 Å². The third-order valence-corrected chi connectivity index (χ3v) is 2.73. The minimum Gasteiger partial charge on any atom is -0.379 e. The van der Waals surface area contributed by atoms with Crippen molar-refractivity contribution in [1.29, 1.82) is 0 Å². The van der Waals surface area contributed by atoms with Gasteiger partial charge >= 0.3 is 0 Å². The van der Waals surface area contributed by atoms with Gasteiger partial charge < -0.3 is 15.0 Å². The van der Waals surface area contributed by atoms with Gasteiger partial charge in [-0.15, -0.1) is 0 Å². The van der Waals surface area contributed by atoms with Gasteiger partial charge in [-0.1, -0.05) is 0 Å². The van der Waals surface area contributed by atoms with E-state index in [0.717, 1.165) is 25.3 Å². The Bertz CT molecular complexity index is 310. The molecule has 0 spiro atoms. The van der Waals surface area contributed by atoms with Crippen LogP contribution in [0.5, 0.6) is 0 Å². The second-order valence-corrected chi connectivity index (χ2v) is 3.88. The van der Waals surface area contributed by atoms with E-state index in [1.54, 1.807) is 6.33 Å². The third kappa shape index (κ3) is 1.55. The highest BCUT2D eigenvalue weighted by molar-refractivity contribution is 5.24. The molecule has 2 N–H and O–H groups in total. The lowest BCUT2D eigenvalue weighted by Gasteiger charge is -2.33. The number of nitrogens with one attached hydrogen (secondary N) is 2. The molecule has 0 amide bonds. The van der Waals surface area contributed by atoms with Crippen LogP contribution in [-0.2, 0) is 16.7 Å². The molecule has 0 saturated carbocycles. The number of nitrogens with zero attached hydrogens (tertiary/aromatic N) is 1. The van der Waals surface area contributed by atoms with Crippen LogP contribution in [0.15, 0.2) is 6.33 Å².